The van der Waals surface area contributed by atoms with Gasteiger partial charge in [-0.25, -0.2) is 0 Å². The summed E-state index contributed by atoms with van der Waals surface area (Å²) in [5.41, 5.74) is -0.0119. The summed E-state index contributed by atoms with van der Waals surface area (Å²) in [5, 5.41) is 0.650. The zero-order valence-corrected chi connectivity index (χ0v) is 7.84. The Hall–Kier alpha value is 0.107. The molecule has 3 heteroatoms. The third kappa shape index (κ3) is 3.65. The van der Waals surface area contributed by atoms with Gasteiger partial charge in [0.2, 0.25) is 0 Å². The van der Waals surface area contributed by atoms with Crippen LogP contribution in [0.1, 0.15) is 20.8 Å². The van der Waals surface area contributed by atoms with Gasteiger partial charge >= 0.3 is 0 Å². The average Bonchev–Trinajstić information content (AvgIpc) is 1.64. The summed E-state index contributed by atoms with van der Waals surface area (Å²) in [4.78, 5) is 0. The van der Waals surface area contributed by atoms with Crippen LogP contribution in [-0.4, -0.2) is 21.5 Å². The Bertz CT molecular complexity index is 106. The van der Waals surface area contributed by atoms with Gasteiger partial charge < -0.3 is 4.74 Å². The van der Waals surface area contributed by atoms with Crippen molar-refractivity contribution in [2.75, 3.05) is 6.23 Å². The number of hydrogen-bond acceptors (Lipinski definition) is 2. The van der Waals surface area contributed by atoms with Gasteiger partial charge in [0.15, 0.2) is 5.05 Å². The van der Waals surface area contributed by atoms with Crippen LogP contribution in [0.25, 0.3) is 0 Å². The second kappa shape index (κ2) is 3.32. The lowest BCUT2D eigenvalue weighted by Crippen LogP contribution is -2.21. The molecule has 0 rings (SSSR count). The molecule has 0 amide bonds. The highest BCUT2D eigenvalue weighted by atomic mass is 32.1. The second-order valence-electron chi connectivity index (χ2n) is 2.83. The van der Waals surface area contributed by atoms with Gasteiger partial charge in [-0.1, -0.05) is 20.8 Å². The predicted octanol–water partition coefficient (Wildman–Crippen LogP) is 1.50. The molecule has 0 bridgehead atoms. The molecule has 3 radical (unpaired) electrons. The summed E-state index contributed by atoms with van der Waals surface area (Å²) in [6.45, 7) is 6.08. The van der Waals surface area contributed by atoms with Crippen LogP contribution in [0.5, 0.6) is 0 Å². The highest BCUT2D eigenvalue weighted by molar-refractivity contribution is 7.80. The molecule has 0 aliphatic heterocycles. The molecule has 51 valence electrons. The Kier molecular flexibility index (Phi) is 3.36. The van der Waals surface area contributed by atoms with E-state index in [1.807, 2.05) is 20.8 Å². The van der Waals surface area contributed by atoms with Crippen molar-refractivity contribution >= 4 is 27.5 Å². The maximum Gasteiger partial charge on any atom is 0.164 e. The molecule has 9 heavy (non-hydrogen) atoms. The first-order valence-electron chi connectivity index (χ1n) is 2.80. The minimum Gasteiger partial charge on any atom is -0.491 e. The van der Waals surface area contributed by atoms with Crippen LogP contribution in [0.4, 0.5) is 0 Å². The van der Waals surface area contributed by atoms with Crippen LogP contribution in [0.2, 0.25) is 0 Å². The molecular formula is C6H11OSSi. The quantitative estimate of drug-likeness (QED) is 0.423. The molecule has 0 aromatic carbocycles. The summed E-state index contributed by atoms with van der Waals surface area (Å²) >= 11 is 4.94. The van der Waals surface area contributed by atoms with E-state index in [4.69, 9.17) is 17.0 Å². The highest BCUT2D eigenvalue weighted by Gasteiger charge is 2.17. The largest absolute Gasteiger partial charge is 0.491 e. The summed E-state index contributed by atoms with van der Waals surface area (Å²) in [6, 6.07) is 0. The van der Waals surface area contributed by atoms with E-state index in [2.05, 4.69) is 10.2 Å². The van der Waals surface area contributed by atoms with Crippen LogP contribution in [0, 0.1) is 5.41 Å². The lowest BCUT2D eigenvalue weighted by Gasteiger charge is -2.18. The van der Waals surface area contributed by atoms with Crippen molar-refractivity contribution in [1.29, 1.82) is 0 Å². The fourth-order valence-corrected chi connectivity index (χ4v) is 0.590. The number of thiocarbonyl (C=S) groups is 1. The minimum absolute atomic E-state index is 0.0119. The van der Waals surface area contributed by atoms with Gasteiger partial charge in [0.05, 0.1) is 16.5 Å². The topological polar surface area (TPSA) is 9.23 Å². The van der Waals surface area contributed by atoms with Crippen molar-refractivity contribution in [2.24, 2.45) is 5.41 Å². The summed E-state index contributed by atoms with van der Waals surface area (Å²) in [6.07, 6.45) is 0.482. The zero-order chi connectivity index (χ0) is 7.49. The maximum atomic E-state index is 5.05. The molecule has 0 unspecified atom stereocenters. The standard InChI is InChI=1S/C6H11OSSi/c1-6(2,3)5(8)7-4-9/h4H2,1-3H3. The van der Waals surface area contributed by atoms with Crippen molar-refractivity contribution in [3.63, 3.8) is 0 Å². The number of rotatable bonds is 1. The van der Waals surface area contributed by atoms with Crippen LogP contribution in [-0.2, 0) is 4.74 Å². The van der Waals surface area contributed by atoms with Gasteiger partial charge in [0.1, 0.15) is 0 Å². The molecule has 0 heterocycles. The molecule has 0 atom stereocenters. The first-order valence-corrected chi connectivity index (χ1v) is 3.92. The van der Waals surface area contributed by atoms with Gasteiger partial charge in [-0.05, 0) is 12.2 Å². The SMILES string of the molecule is CC(C)(C)C(=S)OC[Si]. The molecule has 0 N–H and O–H groups in total. The van der Waals surface area contributed by atoms with Gasteiger partial charge in [-0.15, -0.1) is 0 Å². The highest BCUT2D eigenvalue weighted by Crippen LogP contribution is 2.16. The molecule has 0 saturated heterocycles. The number of ether oxygens (including phenoxy) is 1. The first kappa shape index (κ1) is 9.11. The second-order valence-corrected chi connectivity index (χ2v) is 3.49. The van der Waals surface area contributed by atoms with Gasteiger partial charge in [-0.2, -0.15) is 0 Å². The minimum atomic E-state index is -0.0119. The van der Waals surface area contributed by atoms with Gasteiger partial charge in [-0.3, -0.25) is 0 Å². The lowest BCUT2D eigenvalue weighted by molar-refractivity contribution is 0.329. The lowest BCUT2D eigenvalue weighted by atomic mass is 9.98. The summed E-state index contributed by atoms with van der Waals surface area (Å²) < 4.78 is 5.05. The fourth-order valence-electron chi connectivity index (χ4n) is 0.282. The van der Waals surface area contributed by atoms with Crippen LogP contribution in [0.3, 0.4) is 0 Å². The average molecular weight is 159 g/mol. The monoisotopic (exact) mass is 159 g/mol. The van der Waals surface area contributed by atoms with E-state index in [0.717, 1.165) is 0 Å². The molecule has 0 aromatic rings. The van der Waals surface area contributed by atoms with Crippen molar-refractivity contribution in [1.82, 2.24) is 0 Å². The Morgan fingerprint density at radius 1 is 1.56 bits per heavy atom. The van der Waals surface area contributed by atoms with Crippen LogP contribution >= 0.6 is 12.2 Å². The van der Waals surface area contributed by atoms with E-state index in [1.165, 1.54) is 0 Å². The van der Waals surface area contributed by atoms with Crippen LogP contribution < -0.4 is 0 Å². The molecular weight excluding hydrogens is 148 g/mol. The maximum absolute atomic E-state index is 5.05. The van der Waals surface area contributed by atoms with E-state index in [1.54, 1.807) is 0 Å². The fraction of sp³-hybridized carbons (Fsp3) is 0.833. The summed E-state index contributed by atoms with van der Waals surface area (Å²) in [7, 11) is 3.18. The Labute approximate surface area is 65.2 Å². The first-order chi connectivity index (χ1) is 3.98. The Morgan fingerprint density at radius 3 is 2.11 bits per heavy atom. The van der Waals surface area contributed by atoms with E-state index < -0.39 is 0 Å². The van der Waals surface area contributed by atoms with Crippen LogP contribution in [0.15, 0.2) is 0 Å². The van der Waals surface area contributed by atoms with Gasteiger partial charge in [0, 0.05) is 5.41 Å². The summed E-state index contributed by atoms with van der Waals surface area (Å²) in [5.74, 6) is 0. The molecule has 0 fully saturated rings. The number of hydrogen-bond donors (Lipinski definition) is 0. The Balaban J connectivity index is 3.74. The van der Waals surface area contributed by atoms with Crippen molar-refractivity contribution in [2.45, 2.75) is 20.8 Å². The van der Waals surface area contributed by atoms with E-state index >= 15 is 0 Å². The van der Waals surface area contributed by atoms with E-state index in [9.17, 15) is 0 Å². The van der Waals surface area contributed by atoms with Crippen molar-refractivity contribution in [3.05, 3.63) is 0 Å². The smallest absolute Gasteiger partial charge is 0.164 e. The van der Waals surface area contributed by atoms with E-state index in [-0.39, 0.29) is 5.41 Å². The third-order valence-electron chi connectivity index (χ3n) is 0.816. The van der Waals surface area contributed by atoms with Gasteiger partial charge in [0.25, 0.3) is 0 Å². The molecule has 0 aromatic heterocycles. The molecule has 0 spiro atoms. The zero-order valence-electron chi connectivity index (χ0n) is 6.02. The van der Waals surface area contributed by atoms with E-state index in [0.29, 0.717) is 11.3 Å². The third-order valence-corrected chi connectivity index (χ3v) is 1.69. The molecule has 0 aliphatic carbocycles. The molecule has 0 saturated carbocycles. The predicted molar refractivity (Wildman–Crippen MR) is 43.8 cm³/mol. The Morgan fingerprint density at radius 2 is 2.00 bits per heavy atom. The van der Waals surface area contributed by atoms with Crippen molar-refractivity contribution in [3.8, 4) is 0 Å². The molecule has 1 nitrogen and oxygen atoms in total. The van der Waals surface area contributed by atoms with Crippen molar-refractivity contribution < 1.29 is 4.74 Å². The normalized spacial score (nSPS) is 11.1. The molecule has 0 aliphatic rings.